The predicted molar refractivity (Wildman–Crippen MR) is 157 cm³/mol. The fraction of sp³-hybridized carbons (Fsp3) is 0. The lowest BCUT2D eigenvalue weighted by Gasteiger charge is -2.06. The van der Waals surface area contributed by atoms with Crippen molar-refractivity contribution in [3.8, 4) is 22.4 Å². The van der Waals surface area contributed by atoms with E-state index in [0.717, 1.165) is 88.2 Å². The first-order chi connectivity index (χ1) is 19.3. The second-order valence-corrected chi connectivity index (χ2v) is 9.91. The van der Waals surface area contributed by atoms with E-state index in [0.29, 0.717) is 0 Å². The summed E-state index contributed by atoms with van der Waals surface area (Å²) >= 11 is 0. The quantitative estimate of drug-likeness (QED) is 0.236. The van der Waals surface area contributed by atoms with Crippen LogP contribution in [0.25, 0.3) is 88.2 Å². The summed E-state index contributed by atoms with van der Waals surface area (Å²) in [6, 6.07) is 37.0. The van der Waals surface area contributed by atoms with Gasteiger partial charge < -0.3 is 13.3 Å². The van der Waals surface area contributed by atoms with Crippen LogP contribution < -0.4 is 0 Å². The molecular weight excluding hydrogens is 482 g/mol. The molecule has 0 aliphatic rings. The number of furan rings is 3. The van der Waals surface area contributed by atoms with E-state index < -0.39 is 0 Å². The summed E-state index contributed by atoms with van der Waals surface area (Å²) in [4.78, 5) is 4.49. The van der Waals surface area contributed by atoms with Crippen LogP contribution in [0, 0.1) is 0 Å². The van der Waals surface area contributed by atoms with Crippen molar-refractivity contribution in [2.24, 2.45) is 0 Å². The molecule has 39 heavy (non-hydrogen) atoms. The molecule has 0 amide bonds. The van der Waals surface area contributed by atoms with Gasteiger partial charge >= 0.3 is 0 Å². The molecule has 9 aromatic rings. The Morgan fingerprint density at radius 2 is 1.15 bits per heavy atom. The van der Waals surface area contributed by atoms with Crippen molar-refractivity contribution in [3.05, 3.63) is 115 Å². The lowest BCUT2D eigenvalue weighted by atomic mass is 9.97. The van der Waals surface area contributed by atoms with Crippen molar-refractivity contribution in [3.63, 3.8) is 0 Å². The highest BCUT2D eigenvalue weighted by molar-refractivity contribution is 6.33. The van der Waals surface area contributed by atoms with Crippen LogP contribution in [0.15, 0.2) is 129 Å². The van der Waals surface area contributed by atoms with Crippen LogP contribution in [0.4, 0.5) is 0 Å². The van der Waals surface area contributed by atoms with Gasteiger partial charge in [-0.05, 0) is 48.0 Å². The third-order valence-corrected chi connectivity index (χ3v) is 7.75. The van der Waals surface area contributed by atoms with Crippen molar-refractivity contribution < 1.29 is 13.3 Å². The molecule has 0 N–H and O–H groups in total. The second-order valence-electron chi connectivity index (χ2n) is 9.91. The largest absolute Gasteiger partial charge is 0.456 e. The molecule has 4 nitrogen and oxygen atoms in total. The highest BCUT2D eigenvalue weighted by Crippen LogP contribution is 2.47. The van der Waals surface area contributed by atoms with Crippen molar-refractivity contribution >= 4 is 65.8 Å². The maximum Gasteiger partial charge on any atom is 0.147 e. The smallest absolute Gasteiger partial charge is 0.147 e. The van der Waals surface area contributed by atoms with Crippen LogP contribution in [-0.2, 0) is 0 Å². The van der Waals surface area contributed by atoms with Crippen LogP contribution in [0.2, 0.25) is 0 Å². The lowest BCUT2D eigenvalue weighted by molar-refractivity contribution is 0.660. The molecule has 0 saturated heterocycles. The van der Waals surface area contributed by atoms with Crippen molar-refractivity contribution in [1.29, 1.82) is 0 Å². The summed E-state index contributed by atoms with van der Waals surface area (Å²) in [7, 11) is 0. The van der Waals surface area contributed by atoms with Crippen LogP contribution in [0.1, 0.15) is 0 Å². The van der Waals surface area contributed by atoms with Gasteiger partial charge in [0.05, 0.1) is 11.1 Å². The Bertz CT molecular complexity index is 2370. The van der Waals surface area contributed by atoms with Crippen molar-refractivity contribution in [2.45, 2.75) is 0 Å². The molecule has 4 heterocycles. The van der Waals surface area contributed by atoms with E-state index in [2.05, 4.69) is 65.6 Å². The minimum atomic E-state index is 0.797. The Morgan fingerprint density at radius 1 is 0.436 bits per heavy atom. The van der Waals surface area contributed by atoms with E-state index in [1.54, 1.807) is 0 Å². The van der Waals surface area contributed by atoms with Gasteiger partial charge in [0.2, 0.25) is 0 Å². The lowest BCUT2D eigenvalue weighted by Crippen LogP contribution is -1.84. The van der Waals surface area contributed by atoms with Gasteiger partial charge in [-0.2, -0.15) is 0 Å². The predicted octanol–water partition coefficient (Wildman–Crippen LogP) is 10.1. The second kappa shape index (κ2) is 7.59. The zero-order valence-electron chi connectivity index (χ0n) is 20.6. The fourth-order valence-corrected chi connectivity index (χ4v) is 5.98. The van der Waals surface area contributed by atoms with Gasteiger partial charge in [-0.15, -0.1) is 0 Å². The first kappa shape index (κ1) is 20.7. The summed E-state index contributed by atoms with van der Waals surface area (Å²) in [6.45, 7) is 0. The molecule has 0 aliphatic heterocycles. The Morgan fingerprint density at radius 3 is 1.97 bits per heavy atom. The highest BCUT2D eigenvalue weighted by Gasteiger charge is 2.23. The minimum absolute atomic E-state index is 0.797. The molecule has 9 rings (SSSR count). The number of fused-ring (bicyclic) bond motifs is 11. The molecule has 0 bridgehead atoms. The summed E-state index contributed by atoms with van der Waals surface area (Å²) < 4.78 is 19.5. The summed E-state index contributed by atoms with van der Waals surface area (Å²) in [5.74, 6) is 0. The zero-order valence-corrected chi connectivity index (χ0v) is 20.6. The normalized spacial score (nSPS) is 12.1. The maximum absolute atomic E-state index is 6.57. The number of aromatic nitrogens is 1. The third-order valence-electron chi connectivity index (χ3n) is 7.75. The summed E-state index contributed by atoms with van der Waals surface area (Å²) in [5, 5.41) is 6.27. The number of nitrogens with zero attached hydrogens (tertiary/aromatic N) is 1. The molecule has 0 unspecified atom stereocenters. The SMILES string of the molecule is c1ccc(-c2ccc(-c3cc4oc5ccc6c7ccccc7oc6c5c4c4c3oc3ccccc34)cc2)nc1. The van der Waals surface area contributed by atoms with Gasteiger partial charge in [0.15, 0.2) is 0 Å². The Kier molecular flexibility index (Phi) is 4.02. The number of pyridine rings is 1. The van der Waals surface area contributed by atoms with Crippen molar-refractivity contribution in [2.75, 3.05) is 0 Å². The molecule has 0 fully saturated rings. The number of hydrogen-bond acceptors (Lipinski definition) is 4. The fourth-order valence-electron chi connectivity index (χ4n) is 5.98. The van der Waals surface area contributed by atoms with E-state index in [1.807, 2.05) is 54.7 Å². The van der Waals surface area contributed by atoms with Gasteiger partial charge in [0.25, 0.3) is 0 Å². The molecule has 0 aliphatic carbocycles. The molecule has 0 spiro atoms. The number of para-hydroxylation sites is 2. The van der Waals surface area contributed by atoms with Gasteiger partial charge in [0, 0.05) is 44.3 Å². The third kappa shape index (κ3) is 2.85. The van der Waals surface area contributed by atoms with Crippen LogP contribution in [-0.4, -0.2) is 4.98 Å². The number of rotatable bonds is 2. The Labute approximate surface area is 221 Å². The van der Waals surface area contributed by atoms with E-state index in [4.69, 9.17) is 13.3 Å². The molecule has 0 atom stereocenters. The molecule has 4 heteroatoms. The van der Waals surface area contributed by atoms with Crippen LogP contribution in [0.3, 0.4) is 0 Å². The van der Waals surface area contributed by atoms with Crippen molar-refractivity contribution in [1.82, 2.24) is 4.98 Å². The molecule has 182 valence electrons. The average molecular weight is 502 g/mol. The number of benzene rings is 5. The van der Waals surface area contributed by atoms with Gasteiger partial charge in [-0.1, -0.05) is 66.7 Å². The van der Waals surface area contributed by atoms with E-state index in [1.165, 1.54) is 0 Å². The van der Waals surface area contributed by atoms with Crippen LogP contribution >= 0.6 is 0 Å². The van der Waals surface area contributed by atoms with Gasteiger partial charge in [-0.25, -0.2) is 0 Å². The van der Waals surface area contributed by atoms with Crippen LogP contribution in [0.5, 0.6) is 0 Å². The standard InChI is InChI=1S/C35H19NO3/c1-3-10-27-22(7-1)23-16-17-29-33(34(23)38-27)32-30(37-29)19-25(35-31(32)24-8-2-4-11-28(24)39-35)20-12-14-21(15-13-20)26-9-5-6-18-36-26/h1-19H. The molecular formula is C35H19NO3. The molecule has 0 saturated carbocycles. The molecule has 5 aromatic carbocycles. The maximum atomic E-state index is 6.57. The van der Waals surface area contributed by atoms with E-state index in [9.17, 15) is 0 Å². The van der Waals surface area contributed by atoms with E-state index >= 15 is 0 Å². The molecule has 4 aromatic heterocycles. The topological polar surface area (TPSA) is 52.3 Å². The Balaban J connectivity index is 1.40. The van der Waals surface area contributed by atoms with Gasteiger partial charge in [0.1, 0.15) is 33.5 Å². The Hall–Kier alpha value is -5.35. The summed E-state index contributed by atoms with van der Waals surface area (Å²) in [5.41, 5.74) is 9.04. The highest BCUT2D eigenvalue weighted by atomic mass is 16.3. The zero-order chi connectivity index (χ0) is 25.5. The minimum Gasteiger partial charge on any atom is -0.456 e. The van der Waals surface area contributed by atoms with E-state index in [-0.39, 0.29) is 0 Å². The van der Waals surface area contributed by atoms with Gasteiger partial charge in [-0.3, -0.25) is 4.98 Å². The average Bonchev–Trinajstić information content (AvgIpc) is 3.68. The first-order valence-corrected chi connectivity index (χ1v) is 13.0. The first-order valence-electron chi connectivity index (χ1n) is 13.0. The number of hydrogen-bond donors (Lipinski definition) is 0. The molecule has 0 radical (unpaired) electrons. The monoisotopic (exact) mass is 501 g/mol. The summed E-state index contributed by atoms with van der Waals surface area (Å²) in [6.07, 6.45) is 1.82.